The van der Waals surface area contributed by atoms with E-state index in [2.05, 4.69) is 46.9 Å². The fraction of sp³-hybridized carbons (Fsp3) is 0.161. The van der Waals surface area contributed by atoms with E-state index in [0.29, 0.717) is 35.5 Å². The fourth-order valence-corrected chi connectivity index (χ4v) is 5.67. The molecule has 7 heteroatoms. The highest BCUT2D eigenvalue weighted by Gasteiger charge is 2.28. The van der Waals surface area contributed by atoms with Gasteiger partial charge < -0.3 is 9.47 Å². The molecule has 0 saturated carbocycles. The number of rotatable bonds is 10. The average molecular weight is 543 g/mol. The maximum atomic E-state index is 12.6. The predicted octanol–water partition coefficient (Wildman–Crippen LogP) is 7.27. The number of nitrogens with zero attached hydrogens (tertiary/aromatic N) is 1. The number of fused-ring (bicyclic) bond motifs is 3. The summed E-state index contributed by atoms with van der Waals surface area (Å²) in [6, 6.07) is 29.9. The van der Waals surface area contributed by atoms with Crippen LogP contribution in [0.2, 0.25) is 5.02 Å². The summed E-state index contributed by atoms with van der Waals surface area (Å²) >= 11 is 7.57. The zero-order valence-electron chi connectivity index (χ0n) is 20.9. The van der Waals surface area contributed by atoms with Crippen LogP contribution >= 0.6 is 23.4 Å². The van der Waals surface area contributed by atoms with Crippen LogP contribution in [-0.2, 0) is 11.4 Å². The second-order valence-corrected chi connectivity index (χ2v) is 10.2. The fourth-order valence-electron chi connectivity index (χ4n) is 4.39. The maximum absolute atomic E-state index is 12.6. The summed E-state index contributed by atoms with van der Waals surface area (Å²) < 4.78 is 11.7. The lowest BCUT2D eigenvalue weighted by molar-refractivity contribution is -0.118. The Labute approximate surface area is 231 Å². The molecule has 5 rings (SSSR count). The number of hydrogen-bond donors (Lipinski definition) is 1. The van der Waals surface area contributed by atoms with Gasteiger partial charge in [-0.15, -0.1) is 11.8 Å². The molecule has 0 unspecified atom stereocenters. The third kappa shape index (κ3) is 6.04. The molecular weight excluding hydrogens is 516 g/mol. The van der Waals surface area contributed by atoms with Gasteiger partial charge in [-0.1, -0.05) is 72.3 Å². The van der Waals surface area contributed by atoms with Crippen molar-refractivity contribution in [3.05, 3.63) is 118 Å². The lowest BCUT2D eigenvalue weighted by atomic mass is 10.1. The van der Waals surface area contributed by atoms with Crippen LogP contribution in [0.1, 0.15) is 34.4 Å². The maximum Gasteiger partial charge on any atom is 0.250 e. The van der Waals surface area contributed by atoms with E-state index in [1.54, 1.807) is 18.0 Å². The Morgan fingerprint density at radius 1 is 0.921 bits per heavy atom. The molecule has 5 nitrogen and oxygen atoms in total. The number of carbonyl (C=O) groups is 1. The van der Waals surface area contributed by atoms with Gasteiger partial charge in [-0.05, 0) is 70.6 Å². The highest BCUT2D eigenvalue weighted by atomic mass is 35.5. The van der Waals surface area contributed by atoms with Gasteiger partial charge in [0.2, 0.25) is 5.91 Å². The van der Waals surface area contributed by atoms with Crippen molar-refractivity contribution in [2.75, 3.05) is 12.4 Å². The zero-order chi connectivity index (χ0) is 26.3. The molecule has 4 aromatic carbocycles. The van der Waals surface area contributed by atoms with Gasteiger partial charge in [0.05, 0.1) is 23.8 Å². The molecule has 1 aliphatic rings. The molecule has 0 heterocycles. The molecule has 0 saturated heterocycles. The van der Waals surface area contributed by atoms with Crippen molar-refractivity contribution >= 4 is 35.5 Å². The molecule has 4 aromatic rings. The first-order valence-corrected chi connectivity index (χ1v) is 13.8. The number of thioether (sulfide) groups is 1. The van der Waals surface area contributed by atoms with E-state index in [1.807, 2.05) is 61.5 Å². The molecule has 0 bridgehead atoms. The van der Waals surface area contributed by atoms with Crippen LogP contribution in [0.5, 0.6) is 11.5 Å². The van der Waals surface area contributed by atoms with Crippen LogP contribution < -0.4 is 14.9 Å². The molecule has 0 fully saturated rings. The largest absolute Gasteiger partial charge is 0.490 e. The normalized spacial score (nSPS) is 12.3. The van der Waals surface area contributed by atoms with Gasteiger partial charge in [-0.25, -0.2) is 5.43 Å². The van der Waals surface area contributed by atoms with Gasteiger partial charge in [-0.2, -0.15) is 5.10 Å². The Morgan fingerprint density at radius 3 is 2.29 bits per heavy atom. The van der Waals surface area contributed by atoms with Crippen molar-refractivity contribution < 1.29 is 14.3 Å². The van der Waals surface area contributed by atoms with Gasteiger partial charge in [0, 0.05) is 5.02 Å². The minimum absolute atomic E-state index is 0.131. The van der Waals surface area contributed by atoms with E-state index >= 15 is 0 Å². The van der Waals surface area contributed by atoms with E-state index < -0.39 is 0 Å². The van der Waals surface area contributed by atoms with Gasteiger partial charge in [0.15, 0.2) is 11.5 Å². The predicted molar refractivity (Wildman–Crippen MR) is 155 cm³/mol. The molecule has 0 radical (unpaired) electrons. The number of nitrogens with one attached hydrogen (secondary N) is 1. The summed E-state index contributed by atoms with van der Waals surface area (Å²) in [7, 11) is 0. The Balaban J connectivity index is 1.18. The molecule has 0 atom stereocenters. The standard InChI is InChI=1S/C31H27ClN2O3S/c1-2-36-29-17-22(13-16-28(29)37-19-21-11-14-23(32)15-12-21)18-33-34-30(35)20-38-31-26-9-5-3-7-24(26)25-8-4-6-10-27(25)31/h3-18,31H,2,19-20H2,1H3,(H,34,35). The average Bonchev–Trinajstić information content (AvgIpc) is 3.26. The van der Waals surface area contributed by atoms with Crippen LogP contribution in [0, 0.1) is 0 Å². The quantitative estimate of drug-likeness (QED) is 0.169. The summed E-state index contributed by atoms with van der Waals surface area (Å²) in [6.07, 6.45) is 1.61. The Bertz CT molecular complexity index is 1410. The van der Waals surface area contributed by atoms with Crippen LogP contribution in [0.3, 0.4) is 0 Å². The van der Waals surface area contributed by atoms with E-state index in [0.717, 1.165) is 11.1 Å². The highest BCUT2D eigenvalue weighted by molar-refractivity contribution is 8.00. The lowest BCUT2D eigenvalue weighted by Crippen LogP contribution is -2.20. The van der Waals surface area contributed by atoms with Crippen molar-refractivity contribution in [2.24, 2.45) is 5.10 Å². The number of hydrazone groups is 1. The number of ether oxygens (including phenoxy) is 2. The van der Waals surface area contributed by atoms with Gasteiger partial charge in [0.1, 0.15) is 6.61 Å². The summed E-state index contributed by atoms with van der Waals surface area (Å²) in [5, 5.41) is 4.98. The second kappa shape index (κ2) is 12.2. The molecule has 38 heavy (non-hydrogen) atoms. The van der Waals surface area contributed by atoms with Crippen LogP contribution in [0.15, 0.2) is 96.1 Å². The Kier molecular flexibility index (Phi) is 8.31. The van der Waals surface area contributed by atoms with E-state index in [-0.39, 0.29) is 11.2 Å². The van der Waals surface area contributed by atoms with Crippen LogP contribution in [-0.4, -0.2) is 24.5 Å². The van der Waals surface area contributed by atoms with Gasteiger partial charge in [-0.3, -0.25) is 4.79 Å². The van der Waals surface area contributed by atoms with E-state index in [4.69, 9.17) is 21.1 Å². The first kappa shape index (κ1) is 25.9. The molecular formula is C31H27ClN2O3S. The third-order valence-electron chi connectivity index (χ3n) is 6.14. The van der Waals surface area contributed by atoms with Crippen molar-refractivity contribution in [3.63, 3.8) is 0 Å². The highest BCUT2D eigenvalue weighted by Crippen LogP contribution is 2.49. The number of hydrogen-bond acceptors (Lipinski definition) is 5. The van der Waals surface area contributed by atoms with Crippen molar-refractivity contribution in [3.8, 4) is 22.6 Å². The monoisotopic (exact) mass is 542 g/mol. The summed E-state index contributed by atoms with van der Waals surface area (Å²) in [5.41, 5.74) is 9.42. The number of benzene rings is 4. The van der Waals surface area contributed by atoms with Gasteiger partial charge >= 0.3 is 0 Å². The number of amides is 1. The Hall–Kier alpha value is -3.74. The SMILES string of the molecule is CCOc1cc(C=NNC(=O)CSC2c3ccccc3-c3ccccc32)ccc1OCc1ccc(Cl)cc1. The smallest absolute Gasteiger partial charge is 0.250 e. The molecule has 1 amide bonds. The van der Waals surface area contributed by atoms with E-state index in [1.165, 1.54) is 22.3 Å². The van der Waals surface area contributed by atoms with Gasteiger partial charge in [0.25, 0.3) is 0 Å². The Morgan fingerprint density at radius 2 is 1.61 bits per heavy atom. The molecule has 192 valence electrons. The summed E-state index contributed by atoms with van der Waals surface area (Å²) in [5.74, 6) is 1.40. The third-order valence-corrected chi connectivity index (χ3v) is 7.66. The first-order valence-electron chi connectivity index (χ1n) is 12.4. The molecule has 0 spiro atoms. The minimum Gasteiger partial charge on any atom is -0.490 e. The summed E-state index contributed by atoms with van der Waals surface area (Å²) in [6.45, 7) is 2.82. The van der Waals surface area contributed by atoms with Crippen LogP contribution in [0.25, 0.3) is 11.1 Å². The minimum atomic E-state index is -0.152. The number of carbonyl (C=O) groups excluding carboxylic acids is 1. The topological polar surface area (TPSA) is 59.9 Å². The van der Waals surface area contributed by atoms with Crippen LogP contribution in [0.4, 0.5) is 0 Å². The molecule has 0 aliphatic heterocycles. The van der Waals surface area contributed by atoms with Crippen molar-refractivity contribution in [1.29, 1.82) is 0 Å². The molecule has 1 N–H and O–H groups in total. The lowest BCUT2D eigenvalue weighted by Gasteiger charge is -2.13. The molecule has 1 aliphatic carbocycles. The summed E-state index contributed by atoms with van der Waals surface area (Å²) in [4.78, 5) is 12.6. The van der Waals surface area contributed by atoms with E-state index in [9.17, 15) is 4.79 Å². The first-order chi connectivity index (χ1) is 18.6. The number of halogens is 1. The van der Waals surface area contributed by atoms with Crippen molar-refractivity contribution in [1.82, 2.24) is 5.43 Å². The second-order valence-electron chi connectivity index (χ2n) is 8.71. The zero-order valence-corrected chi connectivity index (χ0v) is 22.5. The molecule has 0 aromatic heterocycles. The van der Waals surface area contributed by atoms with Crippen molar-refractivity contribution in [2.45, 2.75) is 18.8 Å².